The number of nitrogens with zero attached hydrogens (tertiary/aromatic N) is 1. The molecule has 3 rings (SSSR count). The molecule has 0 aromatic heterocycles. The molecule has 1 aliphatic heterocycles. The van der Waals surface area contributed by atoms with Gasteiger partial charge in [0, 0.05) is 18.7 Å². The van der Waals surface area contributed by atoms with Crippen molar-refractivity contribution in [1.82, 2.24) is 4.90 Å². The first-order chi connectivity index (χ1) is 11.5. The second kappa shape index (κ2) is 7.04. The number of allylic oxidation sites excluding steroid dienone is 2. The van der Waals surface area contributed by atoms with Gasteiger partial charge in [0.25, 0.3) is 0 Å². The third kappa shape index (κ3) is 3.75. The highest BCUT2D eigenvalue weighted by atomic mass is 16.4. The van der Waals surface area contributed by atoms with E-state index in [1.54, 1.807) is 6.08 Å². The molecule has 2 unspecified atom stereocenters. The molecule has 1 aromatic rings. The SMILES string of the molecule is Cc1ccc(/C=C(/CC(=O)N2CC3CC=CCC3C2)C(=O)O)cc1. The highest BCUT2D eigenvalue weighted by molar-refractivity contribution is 5.98. The van der Waals surface area contributed by atoms with E-state index in [-0.39, 0.29) is 17.9 Å². The van der Waals surface area contributed by atoms with Crippen LogP contribution in [0.5, 0.6) is 0 Å². The van der Waals surface area contributed by atoms with E-state index >= 15 is 0 Å². The number of carbonyl (C=O) groups excluding carboxylic acids is 1. The number of aliphatic carboxylic acids is 1. The summed E-state index contributed by atoms with van der Waals surface area (Å²) in [4.78, 5) is 25.9. The van der Waals surface area contributed by atoms with Crippen LogP contribution in [-0.4, -0.2) is 35.0 Å². The van der Waals surface area contributed by atoms with Gasteiger partial charge in [0.05, 0.1) is 6.42 Å². The Bertz CT molecular complexity index is 671. The number of fused-ring (bicyclic) bond motifs is 1. The van der Waals surface area contributed by atoms with E-state index in [9.17, 15) is 14.7 Å². The van der Waals surface area contributed by atoms with Gasteiger partial charge in [-0.15, -0.1) is 0 Å². The molecular weight excluding hydrogens is 302 g/mol. The van der Waals surface area contributed by atoms with E-state index in [1.807, 2.05) is 36.1 Å². The number of aryl methyl sites for hydroxylation is 1. The Morgan fingerprint density at radius 3 is 2.25 bits per heavy atom. The summed E-state index contributed by atoms with van der Waals surface area (Å²) >= 11 is 0. The van der Waals surface area contributed by atoms with Gasteiger partial charge in [-0.2, -0.15) is 0 Å². The van der Waals surface area contributed by atoms with Crippen LogP contribution in [0.25, 0.3) is 6.08 Å². The molecule has 1 fully saturated rings. The predicted octanol–water partition coefficient (Wildman–Crippen LogP) is 3.28. The van der Waals surface area contributed by atoms with Gasteiger partial charge in [-0.1, -0.05) is 42.0 Å². The van der Waals surface area contributed by atoms with Crippen LogP contribution in [-0.2, 0) is 9.59 Å². The second-order valence-electron chi connectivity index (χ2n) is 6.82. The zero-order chi connectivity index (χ0) is 17.1. The third-order valence-corrected chi connectivity index (χ3v) is 5.01. The van der Waals surface area contributed by atoms with Gasteiger partial charge >= 0.3 is 5.97 Å². The molecule has 2 aliphatic rings. The van der Waals surface area contributed by atoms with Crippen LogP contribution in [0.3, 0.4) is 0 Å². The molecule has 1 aliphatic carbocycles. The van der Waals surface area contributed by atoms with Gasteiger partial charge in [0.2, 0.25) is 5.91 Å². The Kier molecular flexibility index (Phi) is 4.84. The van der Waals surface area contributed by atoms with Crippen molar-refractivity contribution in [3.05, 3.63) is 53.1 Å². The standard InChI is InChI=1S/C20H23NO3/c1-14-6-8-15(9-7-14)10-18(20(23)24)11-19(22)21-12-16-4-2-3-5-17(16)13-21/h2-3,6-10,16-17H,4-5,11-13H2,1H3,(H,23,24)/b18-10-. The monoisotopic (exact) mass is 325 g/mol. The van der Waals surface area contributed by atoms with Crippen molar-refractivity contribution in [2.45, 2.75) is 26.2 Å². The van der Waals surface area contributed by atoms with E-state index in [4.69, 9.17) is 0 Å². The number of hydrogen-bond donors (Lipinski definition) is 1. The number of hydrogen-bond acceptors (Lipinski definition) is 2. The molecule has 4 nitrogen and oxygen atoms in total. The summed E-state index contributed by atoms with van der Waals surface area (Å²) in [7, 11) is 0. The first-order valence-electron chi connectivity index (χ1n) is 8.46. The van der Waals surface area contributed by atoms with E-state index in [0.717, 1.165) is 37.1 Å². The number of benzene rings is 1. The second-order valence-corrected chi connectivity index (χ2v) is 6.82. The number of carboxylic acid groups (broad SMARTS) is 1. The van der Waals surface area contributed by atoms with E-state index in [2.05, 4.69) is 12.2 Å². The van der Waals surface area contributed by atoms with Crippen LogP contribution in [0, 0.1) is 18.8 Å². The summed E-state index contributed by atoms with van der Waals surface area (Å²) in [5, 5.41) is 9.44. The number of rotatable bonds is 4. The lowest BCUT2D eigenvalue weighted by molar-refractivity contribution is -0.136. The van der Waals surface area contributed by atoms with Crippen molar-refractivity contribution < 1.29 is 14.7 Å². The third-order valence-electron chi connectivity index (χ3n) is 5.01. The Balaban J connectivity index is 1.68. The summed E-state index contributed by atoms with van der Waals surface area (Å²) < 4.78 is 0. The molecule has 1 heterocycles. The minimum Gasteiger partial charge on any atom is -0.478 e. The fraction of sp³-hybridized carbons (Fsp3) is 0.400. The molecular formula is C20H23NO3. The molecule has 126 valence electrons. The molecule has 1 amide bonds. The minimum atomic E-state index is -1.03. The number of carbonyl (C=O) groups is 2. The van der Waals surface area contributed by atoms with Crippen molar-refractivity contribution in [2.75, 3.05) is 13.1 Å². The molecule has 24 heavy (non-hydrogen) atoms. The topological polar surface area (TPSA) is 57.6 Å². The van der Waals surface area contributed by atoms with Crippen molar-refractivity contribution in [3.8, 4) is 0 Å². The van der Waals surface area contributed by atoms with Gasteiger partial charge in [-0.3, -0.25) is 4.79 Å². The fourth-order valence-electron chi connectivity index (χ4n) is 3.55. The zero-order valence-electron chi connectivity index (χ0n) is 13.9. The maximum absolute atomic E-state index is 12.5. The molecule has 1 aromatic carbocycles. The Hall–Kier alpha value is -2.36. The van der Waals surface area contributed by atoms with E-state index in [1.165, 1.54) is 0 Å². The molecule has 1 saturated heterocycles. The van der Waals surface area contributed by atoms with Crippen LogP contribution in [0.4, 0.5) is 0 Å². The molecule has 4 heteroatoms. The smallest absolute Gasteiger partial charge is 0.332 e. The minimum absolute atomic E-state index is 0.0456. The maximum Gasteiger partial charge on any atom is 0.332 e. The highest BCUT2D eigenvalue weighted by Crippen LogP contribution is 2.33. The van der Waals surface area contributed by atoms with Crippen LogP contribution in [0.2, 0.25) is 0 Å². The number of amides is 1. The molecule has 2 atom stereocenters. The van der Waals surface area contributed by atoms with Crippen molar-refractivity contribution in [3.63, 3.8) is 0 Å². The summed E-state index contributed by atoms with van der Waals surface area (Å²) in [6.07, 6.45) is 7.99. The molecule has 0 radical (unpaired) electrons. The molecule has 0 bridgehead atoms. The lowest BCUT2D eigenvalue weighted by atomic mass is 9.86. The van der Waals surface area contributed by atoms with Gasteiger partial charge in [-0.05, 0) is 43.2 Å². The lowest BCUT2D eigenvalue weighted by Crippen LogP contribution is -2.29. The van der Waals surface area contributed by atoms with Gasteiger partial charge in [0.1, 0.15) is 0 Å². The number of likely N-dealkylation sites (tertiary alicyclic amines) is 1. The molecule has 0 spiro atoms. The molecule has 0 saturated carbocycles. The average molecular weight is 325 g/mol. The Labute approximate surface area is 142 Å². The fourth-order valence-corrected chi connectivity index (χ4v) is 3.55. The summed E-state index contributed by atoms with van der Waals surface area (Å²) in [5.74, 6) is -0.0334. The lowest BCUT2D eigenvalue weighted by Gasteiger charge is -2.17. The summed E-state index contributed by atoms with van der Waals surface area (Å²) in [5.41, 5.74) is 2.08. The Morgan fingerprint density at radius 1 is 1.12 bits per heavy atom. The van der Waals surface area contributed by atoms with Crippen LogP contribution in [0.1, 0.15) is 30.4 Å². The van der Waals surface area contributed by atoms with Gasteiger partial charge in [0.15, 0.2) is 0 Å². The van der Waals surface area contributed by atoms with Crippen LogP contribution in [0.15, 0.2) is 42.0 Å². The first kappa shape index (κ1) is 16.5. The van der Waals surface area contributed by atoms with Gasteiger partial charge in [-0.25, -0.2) is 4.79 Å². The van der Waals surface area contributed by atoms with Crippen LogP contribution >= 0.6 is 0 Å². The molecule has 1 N–H and O–H groups in total. The van der Waals surface area contributed by atoms with E-state index in [0.29, 0.717) is 11.8 Å². The Morgan fingerprint density at radius 2 is 1.71 bits per heavy atom. The predicted molar refractivity (Wildman–Crippen MR) is 93.3 cm³/mol. The average Bonchev–Trinajstić information content (AvgIpc) is 3.00. The highest BCUT2D eigenvalue weighted by Gasteiger charge is 2.35. The largest absolute Gasteiger partial charge is 0.478 e. The summed E-state index contributed by atoms with van der Waals surface area (Å²) in [6.45, 7) is 3.49. The van der Waals surface area contributed by atoms with E-state index < -0.39 is 5.97 Å². The normalized spacial score (nSPS) is 23.2. The quantitative estimate of drug-likeness (QED) is 0.683. The first-order valence-corrected chi connectivity index (χ1v) is 8.46. The van der Waals surface area contributed by atoms with Crippen molar-refractivity contribution in [1.29, 1.82) is 0 Å². The van der Waals surface area contributed by atoms with Crippen molar-refractivity contribution >= 4 is 18.0 Å². The number of carboxylic acids is 1. The maximum atomic E-state index is 12.5. The van der Waals surface area contributed by atoms with Gasteiger partial charge < -0.3 is 10.0 Å². The van der Waals surface area contributed by atoms with Crippen LogP contribution < -0.4 is 0 Å². The van der Waals surface area contributed by atoms with Crippen molar-refractivity contribution in [2.24, 2.45) is 11.8 Å². The zero-order valence-corrected chi connectivity index (χ0v) is 13.9. The summed E-state index contributed by atoms with van der Waals surface area (Å²) in [6, 6.07) is 7.62.